The number of fused-ring (bicyclic) bond motifs is 5. The van der Waals surface area contributed by atoms with Crippen LogP contribution in [-0.4, -0.2) is 264 Å². The van der Waals surface area contributed by atoms with Crippen LogP contribution >= 0.6 is 0 Å². The Bertz CT molecular complexity index is 2460. The summed E-state index contributed by atoms with van der Waals surface area (Å²) in [5.41, 5.74) is -1.35. The third-order valence-corrected chi connectivity index (χ3v) is 21.6. The summed E-state index contributed by atoms with van der Waals surface area (Å²) >= 11 is 0. The second kappa shape index (κ2) is 28.0. The maximum absolute atomic E-state index is 13.5. The van der Waals surface area contributed by atoms with Crippen molar-refractivity contribution in [3.05, 3.63) is 11.6 Å². The Kier molecular flexibility index (Phi) is 23.2. The third kappa shape index (κ3) is 14.3. The average molecular weight is 1280 g/mol. The Morgan fingerprint density at radius 1 is 0.655 bits per heavy atom. The number of ether oxygens (including phenoxy) is 10. The van der Waals surface area contributed by atoms with Gasteiger partial charge in [0.05, 0.1) is 49.3 Å². The first-order valence-electron chi connectivity index (χ1n) is 30.3. The first kappa shape index (κ1) is 72.2. The van der Waals surface area contributed by atoms with E-state index in [0.717, 1.165) is 5.57 Å². The maximum Gasteiger partial charge on any atom is 1.00 e. The van der Waals surface area contributed by atoms with E-state index in [2.05, 4.69) is 19.9 Å². The van der Waals surface area contributed by atoms with Gasteiger partial charge in [-0.15, -0.1) is 0 Å². The number of hydrogen-bond acceptors (Lipinski definition) is 28. The molecule has 0 spiro atoms. The topological polar surface area (TPSA) is 439 Å². The number of hydrogen-bond donors (Lipinski definition) is 13. The number of allylic oxidation sites excluding steroid dienone is 2. The van der Waals surface area contributed by atoms with Crippen molar-refractivity contribution in [2.75, 3.05) is 13.2 Å². The molecule has 0 aromatic rings. The Morgan fingerprint density at radius 3 is 1.76 bits per heavy atom. The Hall–Kier alpha value is -0.640. The van der Waals surface area contributed by atoms with E-state index in [0.29, 0.717) is 32.1 Å². The molecule has 0 amide bonds. The van der Waals surface area contributed by atoms with Crippen LogP contribution in [0.3, 0.4) is 0 Å². The van der Waals surface area contributed by atoms with Crippen LogP contribution in [0.1, 0.15) is 114 Å². The molecular weight excluding hydrogens is 1190 g/mol. The van der Waals surface area contributed by atoms with Gasteiger partial charge in [-0.2, -0.15) is 0 Å². The van der Waals surface area contributed by atoms with Gasteiger partial charge in [0.1, 0.15) is 103 Å². The summed E-state index contributed by atoms with van der Waals surface area (Å²) in [6, 6.07) is 0. The van der Waals surface area contributed by atoms with Crippen LogP contribution in [0.5, 0.6) is 0 Å². The quantitative estimate of drug-likeness (QED) is 0.0263. The minimum atomic E-state index is -5.14. The fourth-order valence-corrected chi connectivity index (χ4v) is 16.2. The third-order valence-electron chi connectivity index (χ3n) is 21.1. The van der Waals surface area contributed by atoms with E-state index in [1.54, 1.807) is 6.92 Å². The molecule has 0 aromatic carbocycles. The van der Waals surface area contributed by atoms with Crippen LogP contribution in [0, 0.1) is 46.3 Å². The van der Waals surface area contributed by atoms with E-state index >= 15 is 0 Å². The zero-order valence-electron chi connectivity index (χ0n) is 51.0. The molecule has 28 nitrogen and oxygen atoms in total. The molecule has 0 bridgehead atoms. The molecule has 3 saturated carbocycles. The van der Waals surface area contributed by atoms with Crippen LogP contribution in [-0.2, 0) is 66.7 Å². The molecule has 5 aliphatic heterocycles. The molecule has 34 atom stereocenters. The molecule has 0 aromatic heterocycles. The predicted octanol–water partition coefficient (Wildman–Crippen LogP) is -5.77. The second-order valence-corrected chi connectivity index (χ2v) is 28.0. The zero-order valence-corrected chi connectivity index (χ0v) is 53.8. The fraction of sp³-hybridized carbons (Fsp3) is 0.947. The molecule has 9 rings (SSSR count). The molecular formula is C57H93NaO28S. The molecule has 0 radical (unpaired) electrons. The number of carbonyl (C=O) groups is 1. The van der Waals surface area contributed by atoms with Crippen molar-refractivity contribution in [1.82, 2.24) is 0 Å². The van der Waals surface area contributed by atoms with E-state index in [1.807, 2.05) is 20.8 Å². The molecule has 6 unspecified atom stereocenters. The van der Waals surface area contributed by atoms with Gasteiger partial charge in [-0.3, -0.25) is 8.98 Å². The summed E-state index contributed by atoms with van der Waals surface area (Å²) < 4.78 is 102. The normalized spacial score (nSPS) is 50.6. The summed E-state index contributed by atoms with van der Waals surface area (Å²) in [7, 11) is -5.14. The molecule has 30 heteroatoms. The SMILES string of the molecule is CC(C)C(C)C(=O)C[C@@](C)(O)[C@H]1CC[C@H]2[C@@H]3C[C@H](OC4O[C@H](C)[C@@H](O)[C@H](OC5OC[C@@H](OC6O[C@H](CO)[C@H](O)[C@H](O)[C@H]6OC6O[C@H](C)[C@H](O)[C@H](O)[C@H]6O)[C@H](O)[C@H]5OC5O[C@H](C)[C@@H](O)[C@H](O)[C@H]5O)[C@H]4O)[C@H]4C[C@@H](OS(=O)(=O)[O-])CC[C@]4(C)C3=CC[C@@]21C.[Na+]. The average Bonchev–Trinajstić information content (AvgIpc) is 1.70. The van der Waals surface area contributed by atoms with Crippen molar-refractivity contribution in [3.63, 3.8) is 0 Å². The van der Waals surface area contributed by atoms with Crippen molar-refractivity contribution in [2.45, 2.75) is 279 Å². The van der Waals surface area contributed by atoms with Crippen molar-refractivity contribution in [1.29, 1.82) is 0 Å². The Balaban J connectivity index is 0.00000982. The van der Waals surface area contributed by atoms with Crippen molar-refractivity contribution < 1.29 is 165 Å². The Labute approximate surface area is 528 Å². The summed E-state index contributed by atoms with van der Waals surface area (Å²) in [4.78, 5) is 13.5. The van der Waals surface area contributed by atoms with E-state index in [9.17, 15) is 84.1 Å². The van der Waals surface area contributed by atoms with Gasteiger partial charge in [-0.05, 0) is 113 Å². The largest absolute Gasteiger partial charge is 1.00 e. The molecule has 13 N–H and O–H groups in total. The standard InChI is InChI=1S/C57H94O28S.Na/c1-21(2)22(3)31(59)18-57(9,71)35-11-10-28-27-17-32(30-16-26(85-86(72,73)74)12-14-55(30,7)29(27)13-15-56(28,35)8)79-52-46(70)47(38(62)25(6)78-52)82-53-48(83-50-44(68)41(65)36(60)23(4)76-50)40(64)34(20-75-53)81-54-49(43(67)39(63)33(19-58)80-54)84-51-45(69)42(66)37(61)24(5)77-51;/h13,21-28,30,32-54,58,60-71H,10-12,14-20H2,1-9H3,(H,72,73,74);/q;+1/p-1/t22?,23-,24-,25-,26+,27+,28+,30-,32+,33-,34-,35+,36-,37+,38-,39+,40+,41+,42+,43+,44-,45-,46-,47+,48-,49-,50?,51?,52?,53?,54?,55-,56+,57-;/m1./s1. The van der Waals surface area contributed by atoms with Gasteiger partial charge in [-0.1, -0.05) is 46.3 Å². The first-order chi connectivity index (χ1) is 40.1. The van der Waals surface area contributed by atoms with E-state index in [1.165, 1.54) is 20.8 Å². The van der Waals surface area contributed by atoms with E-state index < -0.39 is 206 Å². The molecule has 9 aliphatic rings. The fourth-order valence-electron chi connectivity index (χ4n) is 15.7. The van der Waals surface area contributed by atoms with E-state index in [4.69, 9.17) is 51.6 Å². The molecule has 8 fully saturated rings. The summed E-state index contributed by atoms with van der Waals surface area (Å²) in [5, 5.41) is 145. The van der Waals surface area contributed by atoms with Crippen molar-refractivity contribution in [3.8, 4) is 0 Å². The smallest absolute Gasteiger partial charge is 0.726 e. The number of rotatable bonds is 18. The summed E-state index contributed by atoms with van der Waals surface area (Å²) in [5.74, 6) is -1.17. The molecule has 496 valence electrons. The molecule has 5 saturated heterocycles. The van der Waals surface area contributed by atoms with Crippen LogP contribution in [0.25, 0.3) is 0 Å². The van der Waals surface area contributed by atoms with Gasteiger partial charge >= 0.3 is 29.6 Å². The molecule has 5 heterocycles. The summed E-state index contributed by atoms with van der Waals surface area (Å²) in [6.45, 7) is 14.4. The maximum atomic E-state index is 13.5. The second-order valence-electron chi connectivity index (χ2n) is 27.0. The van der Waals surface area contributed by atoms with Gasteiger partial charge in [0.25, 0.3) is 0 Å². The number of carbonyl (C=O) groups excluding carboxylic acids is 1. The Morgan fingerprint density at radius 2 is 1.20 bits per heavy atom. The number of Topliss-reactive ketones (excluding diaryl/α,β-unsaturated/α-hetero) is 1. The van der Waals surface area contributed by atoms with Crippen LogP contribution < -0.4 is 29.6 Å². The van der Waals surface area contributed by atoms with Crippen LogP contribution in [0.15, 0.2) is 11.6 Å². The van der Waals surface area contributed by atoms with Crippen LogP contribution in [0.2, 0.25) is 0 Å². The first-order valence-corrected chi connectivity index (χ1v) is 31.7. The van der Waals surface area contributed by atoms with Gasteiger partial charge in [0.15, 0.2) is 31.5 Å². The number of ketones is 1. The number of aliphatic hydroxyl groups is 13. The molecule has 87 heavy (non-hydrogen) atoms. The molecule has 4 aliphatic carbocycles. The zero-order chi connectivity index (χ0) is 63.2. The van der Waals surface area contributed by atoms with Gasteiger partial charge in [0, 0.05) is 12.3 Å². The monoisotopic (exact) mass is 1280 g/mol. The van der Waals surface area contributed by atoms with Crippen molar-refractivity contribution in [2.24, 2.45) is 46.3 Å². The number of aliphatic hydroxyl groups excluding tert-OH is 12. The minimum Gasteiger partial charge on any atom is -0.726 e. The van der Waals surface area contributed by atoms with Gasteiger partial charge < -0.3 is 118 Å². The van der Waals surface area contributed by atoms with Gasteiger partial charge in [-0.25, -0.2) is 8.42 Å². The summed E-state index contributed by atoms with van der Waals surface area (Å²) in [6.07, 6.45) is -37.9. The predicted molar refractivity (Wildman–Crippen MR) is 288 cm³/mol. The van der Waals surface area contributed by atoms with E-state index in [-0.39, 0.29) is 84.2 Å². The van der Waals surface area contributed by atoms with Gasteiger partial charge in [0.2, 0.25) is 10.4 Å². The minimum absolute atomic E-state index is 0. The van der Waals surface area contributed by atoms with Crippen molar-refractivity contribution >= 4 is 16.2 Å². The van der Waals surface area contributed by atoms with Crippen LogP contribution in [0.4, 0.5) is 0 Å².